The highest BCUT2D eigenvalue weighted by Crippen LogP contribution is 2.25. The third-order valence-electron chi connectivity index (χ3n) is 3.35. The topological polar surface area (TPSA) is 61.2 Å². The highest BCUT2D eigenvalue weighted by atomic mass is 35.5. The molecule has 23 heavy (non-hydrogen) atoms. The summed E-state index contributed by atoms with van der Waals surface area (Å²) >= 11 is 6.02. The lowest BCUT2D eigenvalue weighted by atomic mass is 10.2. The first kappa shape index (κ1) is 15.2. The highest BCUT2D eigenvalue weighted by Gasteiger charge is 2.12. The fourth-order valence-corrected chi connectivity index (χ4v) is 2.41. The minimum absolute atomic E-state index is 0.120. The molecule has 1 heterocycles. The number of esters is 1. The Morgan fingerprint density at radius 2 is 2.04 bits per heavy atom. The number of aryl methyl sites for hydroxylation is 1. The Kier molecular flexibility index (Phi) is 4.12. The first-order valence-electron chi connectivity index (χ1n) is 6.96. The maximum atomic E-state index is 12.2. The predicted molar refractivity (Wildman–Crippen MR) is 87.8 cm³/mol. The van der Waals surface area contributed by atoms with Gasteiger partial charge in [0.25, 0.3) is 0 Å². The number of carbonyl (C=O) groups excluding carboxylic acids is 1. The molecule has 0 aliphatic heterocycles. The summed E-state index contributed by atoms with van der Waals surface area (Å²) in [5.41, 5.74) is 1.32. The van der Waals surface area contributed by atoms with Crippen LogP contribution in [-0.2, 0) is 11.3 Å². The van der Waals surface area contributed by atoms with Gasteiger partial charge in [0.1, 0.15) is 12.3 Å². The molecule has 2 aromatic carbocycles. The van der Waals surface area contributed by atoms with Crippen LogP contribution in [0.4, 0.5) is 0 Å². The van der Waals surface area contributed by atoms with Crippen molar-refractivity contribution in [3.8, 4) is 5.75 Å². The van der Waals surface area contributed by atoms with Crippen LogP contribution in [0.5, 0.6) is 5.75 Å². The maximum Gasteiger partial charge on any atom is 0.333 e. The van der Waals surface area contributed by atoms with E-state index in [0.29, 0.717) is 21.7 Å². The quantitative estimate of drug-likeness (QED) is 0.548. The third kappa shape index (κ3) is 3.24. The standard InChI is InChI=1S/C17H13ClN2O3/c1-11-6-7-13(18)16(8-11)23-17(22)10-20-14-5-3-2-4-12(14)15(21)9-19-20/h2-9H,10H2,1H3. The number of halogens is 1. The zero-order chi connectivity index (χ0) is 16.4. The molecule has 3 rings (SSSR count). The SMILES string of the molecule is Cc1ccc(Cl)c(OC(=O)Cn2ncc(=O)c3ccccc32)c1. The van der Waals surface area contributed by atoms with Gasteiger partial charge in [-0.05, 0) is 36.8 Å². The molecule has 0 bridgehead atoms. The van der Waals surface area contributed by atoms with Gasteiger partial charge in [-0.25, -0.2) is 4.79 Å². The number of benzene rings is 2. The van der Waals surface area contributed by atoms with Gasteiger partial charge in [-0.15, -0.1) is 0 Å². The third-order valence-corrected chi connectivity index (χ3v) is 3.66. The monoisotopic (exact) mass is 328 g/mol. The van der Waals surface area contributed by atoms with Gasteiger partial charge >= 0.3 is 5.97 Å². The van der Waals surface area contributed by atoms with E-state index in [4.69, 9.17) is 16.3 Å². The molecule has 6 heteroatoms. The Bertz CT molecular complexity index is 950. The molecule has 0 N–H and O–H groups in total. The van der Waals surface area contributed by atoms with E-state index < -0.39 is 5.97 Å². The molecule has 0 atom stereocenters. The Hall–Kier alpha value is -2.66. The second-order valence-electron chi connectivity index (χ2n) is 5.09. The van der Waals surface area contributed by atoms with E-state index >= 15 is 0 Å². The second kappa shape index (κ2) is 6.22. The van der Waals surface area contributed by atoms with E-state index in [2.05, 4.69) is 5.10 Å². The number of hydrogen-bond acceptors (Lipinski definition) is 4. The Balaban J connectivity index is 1.88. The van der Waals surface area contributed by atoms with Crippen molar-refractivity contribution >= 4 is 28.5 Å². The van der Waals surface area contributed by atoms with E-state index in [9.17, 15) is 9.59 Å². The molecule has 5 nitrogen and oxygen atoms in total. The Morgan fingerprint density at radius 1 is 1.26 bits per heavy atom. The molecule has 3 aromatic rings. The van der Waals surface area contributed by atoms with Gasteiger partial charge < -0.3 is 4.74 Å². The van der Waals surface area contributed by atoms with Crippen LogP contribution in [0.15, 0.2) is 53.5 Å². The predicted octanol–water partition coefficient (Wildman–Crippen LogP) is 2.96. The number of fused-ring (bicyclic) bond motifs is 1. The van der Waals surface area contributed by atoms with E-state index in [1.807, 2.05) is 13.0 Å². The van der Waals surface area contributed by atoms with Crippen molar-refractivity contribution in [3.05, 3.63) is 69.5 Å². The largest absolute Gasteiger partial charge is 0.424 e. The molecule has 0 aliphatic carbocycles. The van der Waals surface area contributed by atoms with E-state index in [1.54, 1.807) is 36.4 Å². The lowest BCUT2D eigenvalue weighted by molar-refractivity contribution is -0.135. The van der Waals surface area contributed by atoms with Gasteiger partial charge in [-0.1, -0.05) is 29.8 Å². The number of aromatic nitrogens is 2. The molecule has 0 saturated heterocycles. The summed E-state index contributed by atoms with van der Waals surface area (Å²) in [5, 5.41) is 4.86. The van der Waals surface area contributed by atoms with Crippen LogP contribution in [0, 0.1) is 6.92 Å². The van der Waals surface area contributed by atoms with Gasteiger partial charge in [0, 0.05) is 5.39 Å². The van der Waals surface area contributed by atoms with Crippen LogP contribution in [0.3, 0.4) is 0 Å². The van der Waals surface area contributed by atoms with Crippen molar-refractivity contribution in [3.63, 3.8) is 0 Å². The molecule has 0 radical (unpaired) electrons. The summed E-state index contributed by atoms with van der Waals surface area (Å²) < 4.78 is 6.73. The van der Waals surface area contributed by atoms with Crippen molar-refractivity contribution in [2.75, 3.05) is 0 Å². The first-order chi connectivity index (χ1) is 11.0. The molecule has 0 fully saturated rings. The zero-order valence-corrected chi connectivity index (χ0v) is 13.1. The second-order valence-corrected chi connectivity index (χ2v) is 5.50. The van der Waals surface area contributed by atoms with Gasteiger partial charge in [-0.2, -0.15) is 5.10 Å². The molecular weight excluding hydrogens is 316 g/mol. The van der Waals surface area contributed by atoms with Crippen molar-refractivity contribution in [2.24, 2.45) is 0 Å². The molecule has 0 aliphatic rings. The van der Waals surface area contributed by atoms with Gasteiger partial charge in [-0.3, -0.25) is 9.48 Å². The normalized spacial score (nSPS) is 10.7. The van der Waals surface area contributed by atoms with Crippen LogP contribution in [0.25, 0.3) is 10.9 Å². The summed E-state index contributed by atoms with van der Waals surface area (Å²) in [5.74, 6) is -0.208. The zero-order valence-electron chi connectivity index (χ0n) is 12.3. The fraction of sp³-hybridized carbons (Fsp3) is 0.118. The average Bonchev–Trinajstić information content (AvgIpc) is 2.54. The van der Waals surface area contributed by atoms with Crippen molar-refractivity contribution in [1.29, 1.82) is 0 Å². The maximum absolute atomic E-state index is 12.2. The van der Waals surface area contributed by atoms with E-state index in [0.717, 1.165) is 5.56 Å². The van der Waals surface area contributed by atoms with Crippen molar-refractivity contribution in [1.82, 2.24) is 9.78 Å². The molecule has 0 unspecified atom stereocenters. The molecule has 0 spiro atoms. The number of carbonyl (C=O) groups is 1. The lowest BCUT2D eigenvalue weighted by Crippen LogP contribution is -2.21. The number of ether oxygens (including phenoxy) is 1. The minimum atomic E-state index is -0.515. The number of hydrogen-bond donors (Lipinski definition) is 0. The van der Waals surface area contributed by atoms with Gasteiger partial charge in [0.05, 0.1) is 16.7 Å². The smallest absolute Gasteiger partial charge is 0.333 e. The molecular formula is C17H13ClN2O3. The molecule has 1 aromatic heterocycles. The Labute approximate surface area is 137 Å². The average molecular weight is 329 g/mol. The molecule has 0 amide bonds. The molecule has 116 valence electrons. The summed E-state index contributed by atoms with van der Waals surface area (Å²) in [6, 6.07) is 12.2. The van der Waals surface area contributed by atoms with Crippen LogP contribution in [0.2, 0.25) is 5.02 Å². The van der Waals surface area contributed by atoms with Crippen LogP contribution < -0.4 is 10.2 Å². The van der Waals surface area contributed by atoms with E-state index in [1.165, 1.54) is 10.9 Å². The summed E-state index contributed by atoms with van der Waals surface area (Å²) in [7, 11) is 0. The minimum Gasteiger partial charge on any atom is -0.424 e. The fourth-order valence-electron chi connectivity index (χ4n) is 2.25. The van der Waals surface area contributed by atoms with Crippen LogP contribution >= 0.6 is 11.6 Å². The summed E-state index contributed by atoms with van der Waals surface area (Å²) in [6.07, 6.45) is 1.19. The van der Waals surface area contributed by atoms with Crippen LogP contribution in [0.1, 0.15) is 5.56 Å². The number of rotatable bonds is 3. The summed E-state index contributed by atoms with van der Waals surface area (Å²) in [4.78, 5) is 23.9. The lowest BCUT2D eigenvalue weighted by Gasteiger charge is -2.10. The van der Waals surface area contributed by atoms with Crippen LogP contribution in [-0.4, -0.2) is 15.7 Å². The molecule has 0 saturated carbocycles. The summed E-state index contributed by atoms with van der Waals surface area (Å²) in [6.45, 7) is 1.76. The van der Waals surface area contributed by atoms with Crippen molar-refractivity contribution < 1.29 is 9.53 Å². The first-order valence-corrected chi connectivity index (χ1v) is 7.34. The van der Waals surface area contributed by atoms with Gasteiger partial charge in [0.2, 0.25) is 5.43 Å². The van der Waals surface area contributed by atoms with E-state index in [-0.39, 0.29) is 12.0 Å². The number of para-hydroxylation sites is 1. The number of nitrogens with zero attached hydrogens (tertiary/aromatic N) is 2. The Morgan fingerprint density at radius 3 is 2.87 bits per heavy atom. The van der Waals surface area contributed by atoms with Gasteiger partial charge in [0.15, 0.2) is 0 Å². The van der Waals surface area contributed by atoms with Crippen molar-refractivity contribution in [2.45, 2.75) is 13.5 Å². The highest BCUT2D eigenvalue weighted by molar-refractivity contribution is 6.32.